The fourth-order valence-electron chi connectivity index (χ4n) is 1.96. The quantitative estimate of drug-likeness (QED) is 0.887. The summed E-state index contributed by atoms with van der Waals surface area (Å²) < 4.78 is 10.5. The van der Waals surface area contributed by atoms with Gasteiger partial charge < -0.3 is 19.7 Å². The van der Waals surface area contributed by atoms with E-state index >= 15 is 0 Å². The smallest absolute Gasteiger partial charge is 0.126 e. The Kier molecular flexibility index (Phi) is 3.80. The van der Waals surface area contributed by atoms with E-state index in [1.54, 1.807) is 50.6 Å². The third-order valence-corrected chi connectivity index (χ3v) is 2.92. The molecule has 0 amide bonds. The van der Waals surface area contributed by atoms with E-state index in [9.17, 15) is 10.2 Å². The third kappa shape index (κ3) is 2.91. The molecule has 0 atom stereocenters. The van der Waals surface area contributed by atoms with Gasteiger partial charge >= 0.3 is 0 Å². The van der Waals surface area contributed by atoms with E-state index < -0.39 is 0 Å². The summed E-state index contributed by atoms with van der Waals surface area (Å²) in [4.78, 5) is 0. The van der Waals surface area contributed by atoms with Gasteiger partial charge in [-0.25, -0.2) is 0 Å². The van der Waals surface area contributed by atoms with Crippen LogP contribution in [0.1, 0.15) is 11.1 Å². The first-order valence-electron chi connectivity index (χ1n) is 5.86. The van der Waals surface area contributed by atoms with Crippen LogP contribution in [-0.4, -0.2) is 24.4 Å². The van der Waals surface area contributed by atoms with Gasteiger partial charge in [-0.15, -0.1) is 0 Å². The van der Waals surface area contributed by atoms with E-state index in [-0.39, 0.29) is 11.5 Å². The van der Waals surface area contributed by atoms with Gasteiger partial charge in [-0.05, 0) is 23.3 Å². The molecule has 2 N–H and O–H groups in total. The van der Waals surface area contributed by atoms with Gasteiger partial charge in [0.1, 0.15) is 23.0 Å². The van der Waals surface area contributed by atoms with Gasteiger partial charge in [0.25, 0.3) is 0 Å². The summed E-state index contributed by atoms with van der Waals surface area (Å²) in [6, 6.07) is 9.99. The zero-order chi connectivity index (χ0) is 13.8. The van der Waals surface area contributed by atoms with Gasteiger partial charge in [-0.1, -0.05) is 12.1 Å². The molecule has 0 unspecified atom stereocenters. The van der Waals surface area contributed by atoms with Gasteiger partial charge in [-0.2, -0.15) is 0 Å². The highest BCUT2D eigenvalue weighted by Gasteiger charge is 2.09. The first-order valence-corrected chi connectivity index (χ1v) is 5.86. The standard InChI is InChI=1S/C15H16O4/c1-18-14-8-12(16)5-3-10(14)7-11-4-6-13(17)9-15(11)19-2/h3-6,8-9,16-17H,7H2,1-2H3. The van der Waals surface area contributed by atoms with Crippen LogP contribution in [0.2, 0.25) is 0 Å². The van der Waals surface area contributed by atoms with Crippen LogP contribution in [0.4, 0.5) is 0 Å². The molecule has 0 heterocycles. The molecule has 0 fully saturated rings. The second kappa shape index (κ2) is 5.52. The molecule has 0 saturated heterocycles. The number of benzene rings is 2. The molecule has 19 heavy (non-hydrogen) atoms. The van der Waals surface area contributed by atoms with Gasteiger partial charge in [0.2, 0.25) is 0 Å². The largest absolute Gasteiger partial charge is 0.508 e. The lowest BCUT2D eigenvalue weighted by Crippen LogP contribution is -1.96. The SMILES string of the molecule is COc1cc(O)ccc1Cc1ccc(O)cc1OC. The monoisotopic (exact) mass is 260 g/mol. The lowest BCUT2D eigenvalue weighted by Gasteiger charge is -2.12. The van der Waals surface area contributed by atoms with Gasteiger partial charge in [0.05, 0.1) is 14.2 Å². The van der Waals surface area contributed by atoms with Gasteiger partial charge in [-0.3, -0.25) is 0 Å². The second-order valence-electron chi connectivity index (χ2n) is 4.17. The Morgan fingerprint density at radius 3 is 1.58 bits per heavy atom. The molecule has 0 radical (unpaired) electrons. The Morgan fingerprint density at radius 2 is 1.21 bits per heavy atom. The highest BCUT2D eigenvalue weighted by molar-refractivity contribution is 5.47. The van der Waals surface area contributed by atoms with Crippen molar-refractivity contribution >= 4 is 0 Å². The number of hydrogen-bond donors (Lipinski definition) is 2. The lowest BCUT2D eigenvalue weighted by atomic mass is 10.0. The average molecular weight is 260 g/mol. The van der Waals surface area contributed by atoms with Crippen molar-refractivity contribution in [2.75, 3.05) is 14.2 Å². The van der Waals surface area contributed by atoms with Crippen molar-refractivity contribution < 1.29 is 19.7 Å². The highest BCUT2D eigenvalue weighted by atomic mass is 16.5. The van der Waals surface area contributed by atoms with Gasteiger partial charge in [0.15, 0.2) is 0 Å². The summed E-state index contributed by atoms with van der Waals surface area (Å²) in [5.74, 6) is 1.57. The van der Waals surface area contributed by atoms with Crippen LogP contribution in [0.3, 0.4) is 0 Å². The summed E-state index contributed by atoms with van der Waals surface area (Å²) in [6.07, 6.45) is 0.590. The van der Waals surface area contributed by atoms with Crippen molar-refractivity contribution in [2.24, 2.45) is 0 Å². The maximum atomic E-state index is 9.43. The van der Waals surface area contributed by atoms with Gasteiger partial charge in [0, 0.05) is 18.6 Å². The summed E-state index contributed by atoms with van der Waals surface area (Å²) in [6.45, 7) is 0. The number of phenols is 2. The minimum absolute atomic E-state index is 0.165. The Bertz CT molecular complexity index is 527. The Hall–Kier alpha value is -2.36. The Balaban J connectivity index is 2.36. The van der Waals surface area contributed by atoms with Crippen LogP contribution < -0.4 is 9.47 Å². The number of ether oxygens (including phenoxy) is 2. The molecule has 2 aromatic rings. The number of methoxy groups -OCH3 is 2. The van der Waals surface area contributed by atoms with Crippen LogP contribution in [0.5, 0.6) is 23.0 Å². The van der Waals surface area contributed by atoms with E-state index in [1.165, 1.54) is 0 Å². The molecular weight excluding hydrogens is 244 g/mol. The normalized spacial score (nSPS) is 10.2. The van der Waals surface area contributed by atoms with Crippen LogP contribution >= 0.6 is 0 Å². The van der Waals surface area contributed by atoms with E-state index in [0.29, 0.717) is 17.9 Å². The minimum atomic E-state index is 0.165. The minimum Gasteiger partial charge on any atom is -0.508 e. The summed E-state index contributed by atoms with van der Waals surface area (Å²) in [7, 11) is 3.12. The number of rotatable bonds is 4. The molecule has 0 spiro atoms. The van der Waals surface area contributed by atoms with E-state index in [0.717, 1.165) is 11.1 Å². The molecule has 0 aromatic heterocycles. The lowest BCUT2D eigenvalue weighted by molar-refractivity contribution is 0.398. The second-order valence-corrected chi connectivity index (χ2v) is 4.17. The summed E-state index contributed by atoms with van der Waals surface area (Å²) in [5.41, 5.74) is 1.87. The third-order valence-electron chi connectivity index (χ3n) is 2.92. The number of phenolic OH excluding ortho intramolecular Hbond substituents is 2. The fraction of sp³-hybridized carbons (Fsp3) is 0.200. The predicted octanol–water partition coefficient (Wildman–Crippen LogP) is 2.71. The molecule has 4 heteroatoms. The molecule has 0 aliphatic carbocycles. The predicted molar refractivity (Wildman–Crippen MR) is 72.1 cm³/mol. The first kappa shape index (κ1) is 13.1. The van der Waals surface area contributed by atoms with Crippen LogP contribution in [0.25, 0.3) is 0 Å². The average Bonchev–Trinajstić information content (AvgIpc) is 2.42. The van der Waals surface area contributed by atoms with E-state index in [1.807, 2.05) is 0 Å². The van der Waals surface area contributed by atoms with Crippen molar-refractivity contribution in [2.45, 2.75) is 6.42 Å². The zero-order valence-electron chi connectivity index (χ0n) is 10.9. The van der Waals surface area contributed by atoms with Crippen LogP contribution in [0, 0.1) is 0 Å². The van der Waals surface area contributed by atoms with E-state index in [4.69, 9.17) is 9.47 Å². The van der Waals surface area contributed by atoms with Crippen LogP contribution in [0.15, 0.2) is 36.4 Å². The molecule has 100 valence electrons. The molecule has 0 aliphatic heterocycles. The topological polar surface area (TPSA) is 58.9 Å². The maximum absolute atomic E-state index is 9.43. The van der Waals surface area contributed by atoms with Crippen molar-refractivity contribution in [3.63, 3.8) is 0 Å². The fourth-order valence-corrected chi connectivity index (χ4v) is 1.96. The zero-order valence-corrected chi connectivity index (χ0v) is 10.9. The summed E-state index contributed by atoms with van der Waals surface area (Å²) >= 11 is 0. The molecule has 2 rings (SSSR count). The Labute approximate surface area is 111 Å². The van der Waals surface area contributed by atoms with Crippen molar-refractivity contribution in [3.05, 3.63) is 47.5 Å². The molecular formula is C15H16O4. The molecule has 2 aromatic carbocycles. The highest BCUT2D eigenvalue weighted by Crippen LogP contribution is 2.30. The van der Waals surface area contributed by atoms with Crippen molar-refractivity contribution in [3.8, 4) is 23.0 Å². The molecule has 0 bridgehead atoms. The van der Waals surface area contributed by atoms with Crippen LogP contribution in [-0.2, 0) is 6.42 Å². The molecule has 4 nitrogen and oxygen atoms in total. The van der Waals surface area contributed by atoms with Crippen molar-refractivity contribution in [1.82, 2.24) is 0 Å². The van der Waals surface area contributed by atoms with E-state index in [2.05, 4.69) is 0 Å². The van der Waals surface area contributed by atoms with Crippen molar-refractivity contribution in [1.29, 1.82) is 0 Å². The number of hydrogen-bond acceptors (Lipinski definition) is 4. The molecule has 0 saturated carbocycles. The maximum Gasteiger partial charge on any atom is 0.126 e. The number of aromatic hydroxyl groups is 2. The first-order chi connectivity index (χ1) is 9.13. The molecule has 0 aliphatic rings. The summed E-state index contributed by atoms with van der Waals surface area (Å²) in [5, 5.41) is 18.9. The Morgan fingerprint density at radius 1 is 0.789 bits per heavy atom.